The van der Waals surface area contributed by atoms with Crippen LogP contribution in [-0.4, -0.2) is 142 Å². The van der Waals surface area contributed by atoms with E-state index in [1.165, 1.54) is 199 Å². The molecule has 0 amide bonds. The lowest BCUT2D eigenvalue weighted by Gasteiger charge is -2.42. The summed E-state index contributed by atoms with van der Waals surface area (Å²) in [4.78, 5) is 13.1. The van der Waals surface area contributed by atoms with E-state index >= 15 is 0 Å². The van der Waals surface area contributed by atoms with Crippen molar-refractivity contribution in [3.8, 4) is 0 Å². The van der Waals surface area contributed by atoms with E-state index in [0.717, 1.165) is 44.9 Å². The summed E-state index contributed by atoms with van der Waals surface area (Å²) in [5, 5.41) is 72.5. The molecule has 2 rings (SSSR count). The van der Waals surface area contributed by atoms with Gasteiger partial charge in [0.1, 0.15) is 54.9 Å². The molecule has 2 heterocycles. The Morgan fingerprint density at radius 2 is 0.805 bits per heavy atom. The van der Waals surface area contributed by atoms with Crippen molar-refractivity contribution in [3.63, 3.8) is 0 Å². The van der Waals surface area contributed by atoms with Gasteiger partial charge < -0.3 is 64.2 Å². The van der Waals surface area contributed by atoms with E-state index in [0.29, 0.717) is 13.0 Å². The molecule has 11 atom stereocenters. The third-order valence-electron chi connectivity index (χ3n) is 15.5. The van der Waals surface area contributed by atoms with Gasteiger partial charge in [-0.3, -0.25) is 4.79 Å². The van der Waals surface area contributed by atoms with Crippen molar-refractivity contribution in [3.05, 3.63) is 24.3 Å². The van der Waals surface area contributed by atoms with Crippen LogP contribution in [0.5, 0.6) is 0 Å². The molecule has 2 aliphatic rings. The Hall–Kier alpha value is -1.53. The smallest absolute Gasteiger partial charge is 0.306 e. The van der Waals surface area contributed by atoms with Crippen LogP contribution in [-0.2, 0) is 33.2 Å². The summed E-state index contributed by atoms with van der Waals surface area (Å²) in [7, 11) is 0. The fourth-order valence-corrected chi connectivity index (χ4v) is 10.3. The summed E-state index contributed by atoms with van der Waals surface area (Å²) in [5.41, 5.74) is 0. The van der Waals surface area contributed by atoms with Gasteiger partial charge in [-0.15, -0.1) is 0 Å². The van der Waals surface area contributed by atoms with Crippen molar-refractivity contribution in [1.82, 2.24) is 0 Å². The van der Waals surface area contributed by atoms with Gasteiger partial charge in [0.05, 0.1) is 26.4 Å². The van der Waals surface area contributed by atoms with Crippen LogP contribution in [0.25, 0.3) is 0 Å². The minimum absolute atomic E-state index is 0.0657. The Labute approximate surface area is 468 Å². The van der Waals surface area contributed by atoms with E-state index in [-0.39, 0.29) is 25.6 Å². The normalized spacial score (nSPS) is 24.4. The third-order valence-corrected chi connectivity index (χ3v) is 15.5. The SMILES string of the molecule is CCCCCCC/C=C\C/C=C\CCCCCCCCCCCCCCOCC(COC1OC(COC2OC(CO)C(O)C(O)C2O)C(O)C(O)C1O)OC(=O)CCCCCCCCCCCCCCCCCCCCC. The number of allylic oxidation sites excluding steroid dienone is 4. The zero-order valence-electron chi connectivity index (χ0n) is 49.0. The van der Waals surface area contributed by atoms with Crippen LogP contribution in [0.3, 0.4) is 0 Å². The lowest BCUT2D eigenvalue weighted by atomic mass is 9.98. The largest absolute Gasteiger partial charge is 0.457 e. The number of hydrogen-bond acceptors (Lipinski definition) is 14. The van der Waals surface area contributed by atoms with E-state index in [1.807, 2.05) is 0 Å². The second-order valence-corrected chi connectivity index (χ2v) is 22.6. The first-order chi connectivity index (χ1) is 37.6. The van der Waals surface area contributed by atoms with Crippen molar-refractivity contribution >= 4 is 5.97 Å². The van der Waals surface area contributed by atoms with Gasteiger partial charge in [0.25, 0.3) is 0 Å². The summed E-state index contributed by atoms with van der Waals surface area (Å²) < 4.78 is 34.5. The summed E-state index contributed by atoms with van der Waals surface area (Å²) in [6.07, 6.45) is 42.4. The van der Waals surface area contributed by atoms with Gasteiger partial charge in [0, 0.05) is 13.0 Å². The molecule has 14 heteroatoms. The van der Waals surface area contributed by atoms with E-state index in [1.54, 1.807) is 0 Å². The lowest BCUT2D eigenvalue weighted by molar-refractivity contribution is -0.332. The Bertz CT molecular complexity index is 1370. The molecule has 2 saturated heterocycles. The van der Waals surface area contributed by atoms with Gasteiger partial charge in [-0.2, -0.15) is 0 Å². The van der Waals surface area contributed by atoms with Crippen LogP contribution in [0.15, 0.2) is 24.3 Å². The topological polar surface area (TPSA) is 214 Å². The quantitative estimate of drug-likeness (QED) is 0.0172. The highest BCUT2D eigenvalue weighted by atomic mass is 16.7. The highest BCUT2D eigenvalue weighted by Crippen LogP contribution is 2.27. The zero-order chi connectivity index (χ0) is 55.8. The standard InChI is InChI=1S/C63H118O14/c1-3-5-7-9-11-13-15-17-19-21-23-24-25-26-27-29-31-33-35-37-39-41-43-45-47-72-49-52(75-55(65)46-44-42-40-38-36-34-32-30-28-22-20-18-16-14-12-10-8-6-4-2)50-73-62-61(71)59(69)57(67)54(77-62)51-74-63-60(70)58(68)56(66)53(48-64)76-63/h15,17,21,23,52-54,56-64,66-71H,3-14,16,18-20,22,24-51H2,1-2H3/b17-15-,23-21-. The molecule has 7 N–H and O–H groups in total. The molecule has 0 aromatic heterocycles. The number of aliphatic hydroxyl groups is 7. The molecule has 0 bridgehead atoms. The van der Waals surface area contributed by atoms with Gasteiger partial charge in [-0.05, 0) is 44.9 Å². The molecule has 2 fully saturated rings. The maximum atomic E-state index is 13.1. The molecule has 454 valence electrons. The Kier molecular flexibility index (Phi) is 46.7. The number of carbonyl (C=O) groups is 1. The average molecular weight is 1100 g/mol. The van der Waals surface area contributed by atoms with Crippen LogP contribution in [0.4, 0.5) is 0 Å². The number of carbonyl (C=O) groups excluding carboxylic acids is 1. The van der Waals surface area contributed by atoms with Gasteiger partial charge in [-0.1, -0.05) is 244 Å². The molecule has 0 aliphatic carbocycles. The number of unbranched alkanes of at least 4 members (excludes halogenated alkanes) is 35. The van der Waals surface area contributed by atoms with Crippen molar-refractivity contribution < 1.29 is 69.0 Å². The molecular formula is C63H118O14. The first-order valence-corrected chi connectivity index (χ1v) is 31.9. The van der Waals surface area contributed by atoms with E-state index in [4.69, 9.17) is 28.4 Å². The fourth-order valence-electron chi connectivity index (χ4n) is 10.3. The number of ether oxygens (including phenoxy) is 6. The van der Waals surface area contributed by atoms with Crippen molar-refractivity contribution in [2.24, 2.45) is 0 Å². The molecule has 0 radical (unpaired) electrons. The monoisotopic (exact) mass is 1100 g/mol. The highest BCUT2D eigenvalue weighted by molar-refractivity contribution is 5.69. The first kappa shape index (κ1) is 71.6. The Morgan fingerprint density at radius 1 is 0.429 bits per heavy atom. The lowest BCUT2D eigenvalue weighted by Crippen LogP contribution is -2.61. The molecular weight excluding hydrogens is 981 g/mol. The highest BCUT2D eigenvalue weighted by Gasteiger charge is 2.47. The van der Waals surface area contributed by atoms with Crippen LogP contribution in [0.1, 0.15) is 271 Å². The number of aliphatic hydroxyl groups excluding tert-OH is 7. The molecule has 0 aromatic rings. The minimum Gasteiger partial charge on any atom is -0.457 e. The van der Waals surface area contributed by atoms with Gasteiger partial charge in [0.2, 0.25) is 0 Å². The van der Waals surface area contributed by atoms with Gasteiger partial charge in [0.15, 0.2) is 12.6 Å². The summed E-state index contributed by atoms with van der Waals surface area (Å²) in [6, 6.07) is 0. The summed E-state index contributed by atoms with van der Waals surface area (Å²) in [6.45, 7) is 3.74. The zero-order valence-corrected chi connectivity index (χ0v) is 49.0. The molecule has 14 nitrogen and oxygen atoms in total. The number of esters is 1. The second-order valence-electron chi connectivity index (χ2n) is 22.6. The number of hydrogen-bond donors (Lipinski definition) is 7. The van der Waals surface area contributed by atoms with E-state index in [9.17, 15) is 40.5 Å². The molecule has 77 heavy (non-hydrogen) atoms. The first-order valence-electron chi connectivity index (χ1n) is 31.9. The summed E-state index contributed by atoms with van der Waals surface area (Å²) >= 11 is 0. The fraction of sp³-hybridized carbons (Fsp3) is 0.921. The predicted octanol–water partition coefficient (Wildman–Crippen LogP) is 12.3. The van der Waals surface area contributed by atoms with Crippen molar-refractivity contribution in [2.75, 3.05) is 33.0 Å². The minimum atomic E-state index is -1.70. The van der Waals surface area contributed by atoms with Crippen LogP contribution >= 0.6 is 0 Å². The average Bonchev–Trinajstić information content (AvgIpc) is 3.43. The van der Waals surface area contributed by atoms with Gasteiger partial charge in [-0.25, -0.2) is 0 Å². The molecule has 11 unspecified atom stereocenters. The van der Waals surface area contributed by atoms with E-state index < -0.39 is 80.7 Å². The maximum absolute atomic E-state index is 13.1. The summed E-state index contributed by atoms with van der Waals surface area (Å²) in [5.74, 6) is -0.370. The van der Waals surface area contributed by atoms with Crippen molar-refractivity contribution in [1.29, 1.82) is 0 Å². The van der Waals surface area contributed by atoms with Crippen LogP contribution in [0, 0.1) is 0 Å². The van der Waals surface area contributed by atoms with Crippen LogP contribution < -0.4 is 0 Å². The number of rotatable bonds is 53. The van der Waals surface area contributed by atoms with Crippen LogP contribution in [0.2, 0.25) is 0 Å². The maximum Gasteiger partial charge on any atom is 0.306 e. The van der Waals surface area contributed by atoms with Gasteiger partial charge >= 0.3 is 5.97 Å². The van der Waals surface area contributed by atoms with E-state index in [2.05, 4.69) is 38.2 Å². The molecule has 0 spiro atoms. The van der Waals surface area contributed by atoms with Crippen molar-refractivity contribution in [2.45, 2.75) is 338 Å². The third kappa shape index (κ3) is 36.5. The molecule has 0 saturated carbocycles. The molecule has 2 aliphatic heterocycles. The Balaban J connectivity index is 1.67. The molecule has 0 aromatic carbocycles. The second kappa shape index (κ2) is 50.2. The Morgan fingerprint density at radius 3 is 1.25 bits per heavy atom. The predicted molar refractivity (Wildman–Crippen MR) is 307 cm³/mol.